The first kappa shape index (κ1) is 17.6. The van der Waals surface area contributed by atoms with E-state index >= 15 is 0 Å². The Bertz CT molecular complexity index is 939. The van der Waals surface area contributed by atoms with E-state index in [0.717, 1.165) is 48.9 Å². The Morgan fingerprint density at radius 1 is 1.00 bits per heavy atom. The van der Waals surface area contributed by atoms with Crippen LogP contribution in [-0.4, -0.2) is 52.9 Å². The van der Waals surface area contributed by atoms with Gasteiger partial charge in [-0.25, -0.2) is 4.63 Å². The molecule has 2 bridgehead atoms. The van der Waals surface area contributed by atoms with Crippen molar-refractivity contribution in [3.63, 3.8) is 0 Å². The maximum Gasteiger partial charge on any atom is 0.139 e. The molecule has 0 N–H and O–H groups in total. The van der Waals surface area contributed by atoms with Gasteiger partial charge in [-0.05, 0) is 58.4 Å². The zero-order chi connectivity index (χ0) is 18.9. The van der Waals surface area contributed by atoms with Gasteiger partial charge in [0, 0.05) is 38.8 Å². The smallest absolute Gasteiger partial charge is 0.139 e. The molecule has 3 saturated heterocycles. The number of hydrogen-bond acceptors (Lipinski definition) is 6. The molecule has 3 fully saturated rings. The summed E-state index contributed by atoms with van der Waals surface area (Å²) >= 11 is 0. The summed E-state index contributed by atoms with van der Waals surface area (Å²) in [6.45, 7) is 5.38. The van der Waals surface area contributed by atoms with E-state index in [-0.39, 0.29) is 0 Å². The monoisotopic (exact) mass is 378 g/mol. The average molecular weight is 378 g/mol. The number of nitrogens with zero attached hydrogens (tertiary/aromatic N) is 4. The van der Waals surface area contributed by atoms with Crippen LogP contribution < -0.4 is 4.74 Å². The maximum atomic E-state index is 5.28. The number of aromatic nitrogens is 2. The summed E-state index contributed by atoms with van der Waals surface area (Å²) < 4.78 is 10.2. The predicted octanol–water partition coefficient (Wildman–Crippen LogP) is 3.33. The Morgan fingerprint density at radius 2 is 1.89 bits per heavy atom. The predicted molar refractivity (Wildman–Crippen MR) is 107 cm³/mol. The summed E-state index contributed by atoms with van der Waals surface area (Å²) in [5.74, 6) is 1.65. The van der Waals surface area contributed by atoms with Crippen LogP contribution in [0.2, 0.25) is 0 Å². The van der Waals surface area contributed by atoms with Crippen LogP contribution in [0.15, 0.2) is 47.1 Å². The van der Waals surface area contributed by atoms with Crippen molar-refractivity contribution in [1.82, 2.24) is 20.1 Å². The molecule has 0 spiro atoms. The third-order valence-corrected chi connectivity index (χ3v) is 6.21. The van der Waals surface area contributed by atoms with Crippen molar-refractivity contribution in [3.8, 4) is 5.75 Å². The first-order valence-electron chi connectivity index (χ1n) is 10.1. The Balaban J connectivity index is 1.30. The maximum absolute atomic E-state index is 5.28. The zero-order valence-corrected chi connectivity index (χ0v) is 16.3. The lowest BCUT2D eigenvalue weighted by atomic mass is 9.94. The van der Waals surface area contributed by atoms with E-state index in [4.69, 9.17) is 9.37 Å². The molecule has 28 heavy (non-hydrogen) atoms. The molecular weight excluding hydrogens is 352 g/mol. The Labute approximate surface area is 165 Å². The van der Waals surface area contributed by atoms with Crippen molar-refractivity contribution in [2.24, 2.45) is 5.92 Å². The highest BCUT2D eigenvalue weighted by Gasteiger charge is 2.34. The van der Waals surface area contributed by atoms with Gasteiger partial charge in [0.05, 0.1) is 7.11 Å². The van der Waals surface area contributed by atoms with E-state index in [0.29, 0.717) is 6.04 Å². The molecule has 3 aliphatic rings. The third kappa shape index (κ3) is 3.50. The van der Waals surface area contributed by atoms with Crippen LogP contribution in [0.4, 0.5) is 0 Å². The lowest BCUT2D eigenvalue weighted by Crippen LogP contribution is -2.43. The third-order valence-electron chi connectivity index (χ3n) is 6.21. The normalized spacial score (nSPS) is 23.2. The number of ether oxygens (including phenoxy) is 1. The van der Waals surface area contributed by atoms with E-state index < -0.39 is 0 Å². The van der Waals surface area contributed by atoms with Gasteiger partial charge in [-0.15, -0.1) is 0 Å². The lowest BCUT2D eigenvalue weighted by Gasteiger charge is -2.36. The molecule has 3 aromatic rings. The van der Waals surface area contributed by atoms with Gasteiger partial charge >= 0.3 is 0 Å². The number of fused-ring (bicyclic) bond motifs is 5. The molecule has 2 aromatic carbocycles. The van der Waals surface area contributed by atoms with Crippen LogP contribution in [-0.2, 0) is 13.1 Å². The number of benzene rings is 2. The molecule has 2 atom stereocenters. The van der Waals surface area contributed by atoms with Gasteiger partial charge in [-0.1, -0.05) is 24.3 Å². The minimum absolute atomic E-state index is 0.590. The largest absolute Gasteiger partial charge is 0.497 e. The highest BCUT2D eigenvalue weighted by atomic mass is 16.6. The molecule has 2 unspecified atom stereocenters. The molecule has 6 heteroatoms. The van der Waals surface area contributed by atoms with Crippen molar-refractivity contribution in [2.75, 3.05) is 26.7 Å². The Morgan fingerprint density at radius 3 is 2.75 bits per heavy atom. The first-order valence-corrected chi connectivity index (χ1v) is 10.1. The molecule has 6 nitrogen and oxygen atoms in total. The van der Waals surface area contributed by atoms with E-state index in [1.54, 1.807) is 7.11 Å². The molecule has 3 aliphatic heterocycles. The van der Waals surface area contributed by atoms with Crippen LogP contribution in [0, 0.1) is 5.92 Å². The van der Waals surface area contributed by atoms with E-state index in [1.165, 1.54) is 30.5 Å². The quantitative estimate of drug-likeness (QED) is 0.679. The molecule has 0 saturated carbocycles. The highest BCUT2D eigenvalue weighted by Crippen LogP contribution is 2.31. The molecule has 0 amide bonds. The lowest BCUT2D eigenvalue weighted by molar-refractivity contribution is 0.123. The minimum Gasteiger partial charge on any atom is -0.497 e. The van der Waals surface area contributed by atoms with Crippen molar-refractivity contribution in [2.45, 2.75) is 32.0 Å². The molecule has 6 rings (SSSR count). The van der Waals surface area contributed by atoms with E-state index in [1.807, 2.05) is 12.1 Å². The Kier molecular flexibility index (Phi) is 4.74. The van der Waals surface area contributed by atoms with Crippen LogP contribution in [0.1, 0.15) is 24.0 Å². The fourth-order valence-corrected chi connectivity index (χ4v) is 4.80. The Hall–Kier alpha value is -2.44. The fourth-order valence-electron chi connectivity index (χ4n) is 4.80. The summed E-state index contributed by atoms with van der Waals surface area (Å²) in [5.41, 5.74) is 4.32. The van der Waals surface area contributed by atoms with Gasteiger partial charge in [0.15, 0.2) is 0 Å². The molecule has 0 radical (unpaired) electrons. The summed E-state index contributed by atoms with van der Waals surface area (Å²) in [5, 5.41) is 8.11. The average Bonchev–Trinajstić information content (AvgIpc) is 3.05. The van der Waals surface area contributed by atoms with Crippen molar-refractivity contribution in [3.05, 3.63) is 53.6 Å². The second kappa shape index (κ2) is 7.53. The fraction of sp³-hybridized carbons (Fsp3) is 0.455. The van der Waals surface area contributed by atoms with Gasteiger partial charge in [-0.3, -0.25) is 9.80 Å². The number of hydrogen-bond donors (Lipinski definition) is 0. The van der Waals surface area contributed by atoms with Crippen molar-refractivity contribution < 1.29 is 9.37 Å². The van der Waals surface area contributed by atoms with Crippen LogP contribution in [0.5, 0.6) is 5.75 Å². The van der Waals surface area contributed by atoms with Crippen LogP contribution in [0.3, 0.4) is 0 Å². The molecule has 146 valence electrons. The number of piperidine rings is 1. The van der Waals surface area contributed by atoms with Gasteiger partial charge in [0.1, 0.15) is 16.8 Å². The summed E-state index contributed by atoms with van der Waals surface area (Å²) in [6, 6.07) is 15.2. The van der Waals surface area contributed by atoms with Gasteiger partial charge in [0.25, 0.3) is 0 Å². The molecule has 4 heterocycles. The minimum atomic E-state index is 0.590. The summed E-state index contributed by atoms with van der Waals surface area (Å²) in [4.78, 5) is 5.27. The second-order valence-corrected chi connectivity index (χ2v) is 8.12. The number of rotatable bonds is 5. The molecular formula is C22H26N4O2. The first-order chi connectivity index (χ1) is 13.8. The van der Waals surface area contributed by atoms with Crippen molar-refractivity contribution >= 4 is 11.0 Å². The van der Waals surface area contributed by atoms with Crippen molar-refractivity contribution in [1.29, 1.82) is 0 Å². The standard InChI is InChI=1S/C22H26N4O2/c1-27-20-9-6-16(7-10-20)11-25-12-17-5-8-19(15-25)26(13-17)14-18-3-2-4-21-22(18)24-28-23-21/h2-4,6-7,9-10,17,19H,5,8,11-15H2,1H3. The van der Waals surface area contributed by atoms with E-state index in [2.05, 4.69) is 50.4 Å². The second-order valence-electron chi connectivity index (χ2n) is 8.12. The van der Waals surface area contributed by atoms with Gasteiger partial charge in [-0.2, -0.15) is 0 Å². The summed E-state index contributed by atoms with van der Waals surface area (Å²) in [7, 11) is 1.71. The highest BCUT2D eigenvalue weighted by molar-refractivity contribution is 5.76. The van der Waals surface area contributed by atoms with E-state index in [9.17, 15) is 0 Å². The molecule has 1 aromatic heterocycles. The van der Waals surface area contributed by atoms with Gasteiger partial charge in [0.2, 0.25) is 0 Å². The topological polar surface area (TPSA) is 54.6 Å². The van der Waals surface area contributed by atoms with Crippen LogP contribution in [0.25, 0.3) is 11.0 Å². The molecule has 0 aliphatic carbocycles. The zero-order valence-electron chi connectivity index (χ0n) is 16.3. The number of methoxy groups -OCH3 is 1. The van der Waals surface area contributed by atoms with Gasteiger partial charge < -0.3 is 4.74 Å². The van der Waals surface area contributed by atoms with Crippen LogP contribution >= 0.6 is 0 Å². The SMILES string of the molecule is COc1ccc(CN2CC3CCC(C2)N(Cc2cccc4nonc24)C3)cc1. The summed E-state index contributed by atoms with van der Waals surface area (Å²) in [6.07, 6.45) is 2.60.